The molecule has 2 rings (SSSR count). The highest BCUT2D eigenvalue weighted by molar-refractivity contribution is 5.95. The minimum atomic E-state index is -0.649. The lowest BCUT2D eigenvalue weighted by atomic mass is 9.85. The summed E-state index contributed by atoms with van der Waals surface area (Å²) < 4.78 is 18.9. The van der Waals surface area contributed by atoms with Crippen molar-refractivity contribution >= 4 is 5.91 Å². The van der Waals surface area contributed by atoms with Crippen LogP contribution in [0.2, 0.25) is 0 Å². The van der Waals surface area contributed by atoms with E-state index in [9.17, 15) is 14.3 Å². The van der Waals surface area contributed by atoms with Gasteiger partial charge in [0.15, 0.2) is 11.6 Å². The molecule has 2 unspecified atom stereocenters. The number of aliphatic hydroxyl groups is 1. The fourth-order valence-corrected chi connectivity index (χ4v) is 2.71. The summed E-state index contributed by atoms with van der Waals surface area (Å²) in [5.41, 5.74) is -0.0217. The number of rotatable bonds is 4. The lowest BCUT2D eigenvalue weighted by Crippen LogP contribution is -2.43. The highest BCUT2D eigenvalue weighted by Gasteiger charge is 2.27. The Labute approximate surface area is 117 Å². The average Bonchev–Trinajstić information content (AvgIpc) is 2.48. The van der Waals surface area contributed by atoms with Crippen LogP contribution in [-0.4, -0.2) is 30.8 Å². The van der Waals surface area contributed by atoms with Crippen LogP contribution in [0.15, 0.2) is 18.2 Å². The summed E-state index contributed by atoms with van der Waals surface area (Å²) in [6.07, 6.45) is 3.79. The molecule has 1 fully saturated rings. The molecule has 0 heterocycles. The molecule has 1 aromatic rings. The number of benzene rings is 1. The quantitative estimate of drug-likeness (QED) is 0.888. The van der Waals surface area contributed by atoms with Gasteiger partial charge in [0.05, 0.1) is 12.7 Å². The fraction of sp³-hybridized carbons (Fsp3) is 0.533. The van der Waals surface area contributed by atoms with Crippen LogP contribution < -0.4 is 10.1 Å². The number of halogens is 1. The number of ether oxygens (including phenoxy) is 1. The van der Waals surface area contributed by atoms with Crippen LogP contribution in [0.25, 0.3) is 0 Å². The molecule has 1 aliphatic rings. The lowest BCUT2D eigenvalue weighted by Gasteiger charge is -2.30. The smallest absolute Gasteiger partial charge is 0.254 e. The van der Waals surface area contributed by atoms with E-state index in [2.05, 4.69) is 5.32 Å². The zero-order valence-electron chi connectivity index (χ0n) is 11.6. The summed E-state index contributed by atoms with van der Waals surface area (Å²) in [6, 6.07) is 4.40. The minimum absolute atomic E-state index is 0.0217. The zero-order chi connectivity index (χ0) is 14.5. The van der Waals surface area contributed by atoms with Gasteiger partial charge in [-0.1, -0.05) is 18.9 Å². The second kappa shape index (κ2) is 6.70. The molecule has 0 aliphatic heterocycles. The number of hydrogen-bond acceptors (Lipinski definition) is 3. The van der Waals surface area contributed by atoms with Crippen molar-refractivity contribution in [1.82, 2.24) is 5.32 Å². The number of amides is 1. The first-order chi connectivity index (χ1) is 9.67. The zero-order valence-corrected chi connectivity index (χ0v) is 11.6. The molecule has 5 heteroatoms. The van der Waals surface area contributed by atoms with Crippen LogP contribution in [0.3, 0.4) is 0 Å². The summed E-state index contributed by atoms with van der Waals surface area (Å²) >= 11 is 0. The third-order valence-electron chi connectivity index (χ3n) is 3.89. The molecule has 1 aromatic carbocycles. The summed E-state index contributed by atoms with van der Waals surface area (Å²) in [7, 11) is 1.36. The van der Waals surface area contributed by atoms with Crippen LogP contribution in [-0.2, 0) is 0 Å². The molecular formula is C15H20FNO3. The molecule has 0 aromatic heterocycles. The fourth-order valence-electron chi connectivity index (χ4n) is 2.71. The van der Waals surface area contributed by atoms with Crippen molar-refractivity contribution in [1.29, 1.82) is 0 Å². The van der Waals surface area contributed by atoms with E-state index in [0.29, 0.717) is 0 Å². The van der Waals surface area contributed by atoms with Crippen molar-refractivity contribution in [3.05, 3.63) is 29.6 Å². The van der Waals surface area contributed by atoms with Gasteiger partial charge in [-0.05, 0) is 25.0 Å². The molecule has 0 bridgehead atoms. The molecule has 0 radical (unpaired) electrons. The van der Waals surface area contributed by atoms with Crippen molar-refractivity contribution in [2.24, 2.45) is 5.92 Å². The van der Waals surface area contributed by atoms with Crippen LogP contribution >= 0.6 is 0 Å². The van der Waals surface area contributed by atoms with Gasteiger partial charge in [-0.3, -0.25) is 4.79 Å². The highest BCUT2D eigenvalue weighted by Crippen LogP contribution is 2.25. The van der Waals surface area contributed by atoms with Gasteiger partial charge in [0.25, 0.3) is 5.91 Å². The van der Waals surface area contributed by atoms with E-state index in [-0.39, 0.29) is 29.9 Å². The molecule has 20 heavy (non-hydrogen) atoms. The summed E-state index contributed by atoms with van der Waals surface area (Å²) in [4.78, 5) is 12.2. The van der Waals surface area contributed by atoms with E-state index in [1.165, 1.54) is 19.2 Å². The Hall–Kier alpha value is -1.62. The average molecular weight is 281 g/mol. The molecule has 1 saturated carbocycles. The Morgan fingerprint density at radius 3 is 2.90 bits per heavy atom. The Kier molecular flexibility index (Phi) is 4.95. The van der Waals surface area contributed by atoms with Gasteiger partial charge in [0, 0.05) is 18.6 Å². The van der Waals surface area contributed by atoms with E-state index < -0.39 is 11.7 Å². The van der Waals surface area contributed by atoms with E-state index in [4.69, 9.17) is 4.74 Å². The number of methoxy groups -OCH3 is 1. The largest absolute Gasteiger partial charge is 0.494 e. The number of nitrogens with one attached hydrogen (secondary N) is 1. The lowest BCUT2D eigenvalue weighted by molar-refractivity contribution is 0.0868. The maximum Gasteiger partial charge on any atom is 0.254 e. The normalized spacial score (nSPS) is 22.4. The first kappa shape index (κ1) is 14.8. The minimum Gasteiger partial charge on any atom is -0.494 e. The van der Waals surface area contributed by atoms with E-state index >= 15 is 0 Å². The summed E-state index contributed by atoms with van der Waals surface area (Å²) in [6.45, 7) is 0.0472. The molecule has 2 atom stereocenters. The first-order valence-corrected chi connectivity index (χ1v) is 6.91. The standard InChI is InChI=1S/C15H20FNO3/c1-20-13-8-4-6-11(14(13)16)15(19)17-12-7-3-2-5-10(12)9-18/h4,6,8,10,12,18H,2-3,5,7,9H2,1H3,(H,17,19). The topological polar surface area (TPSA) is 58.6 Å². The number of carbonyl (C=O) groups is 1. The molecule has 4 nitrogen and oxygen atoms in total. The van der Waals surface area contributed by atoms with Gasteiger partial charge in [0.2, 0.25) is 0 Å². The third kappa shape index (κ3) is 3.10. The predicted molar refractivity (Wildman–Crippen MR) is 73.3 cm³/mol. The molecule has 1 aliphatic carbocycles. The Balaban J connectivity index is 2.11. The van der Waals surface area contributed by atoms with Crippen molar-refractivity contribution in [3.8, 4) is 5.75 Å². The van der Waals surface area contributed by atoms with E-state index in [0.717, 1.165) is 25.7 Å². The predicted octanol–water partition coefficient (Wildman–Crippen LogP) is 2.12. The molecular weight excluding hydrogens is 261 g/mol. The maximum atomic E-state index is 14.0. The summed E-state index contributed by atoms with van der Waals surface area (Å²) in [5, 5.41) is 12.2. The van der Waals surface area contributed by atoms with Crippen molar-refractivity contribution in [2.75, 3.05) is 13.7 Å². The van der Waals surface area contributed by atoms with Gasteiger partial charge in [0.1, 0.15) is 0 Å². The van der Waals surface area contributed by atoms with Crippen molar-refractivity contribution < 1.29 is 19.0 Å². The third-order valence-corrected chi connectivity index (χ3v) is 3.89. The number of aliphatic hydroxyl groups excluding tert-OH is 1. The van der Waals surface area contributed by atoms with E-state index in [1.807, 2.05) is 0 Å². The number of hydrogen-bond donors (Lipinski definition) is 2. The second-order valence-electron chi connectivity index (χ2n) is 5.13. The maximum absolute atomic E-state index is 14.0. The van der Waals surface area contributed by atoms with Gasteiger partial charge < -0.3 is 15.2 Å². The molecule has 110 valence electrons. The van der Waals surface area contributed by atoms with Gasteiger partial charge >= 0.3 is 0 Å². The Morgan fingerprint density at radius 2 is 2.20 bits per heavy atom. The molecule has 1 amide bonds. The van der Waals surface area contributed by atoms with Crippen LogP contribution in [0.5, 0.6) is 5.75 Å². The van der Waals surface area contributed by atoms with Crippen molar-refractivity contribution in [2.45, 2.75) is 31.7 Å². The number of carbonyl (C=O) groups excluding carboxylic acids is 1. The van der Waals surface area contributed by atoms with Crippen LogP contribution in [0.4, 0.5) is 4.39 Å². The SMILES string of the molecule is COc1cccc(C(=O)NC2CCCCC2CO)c1F. The molecule has 2 N–H and O–H groups in total. The van der Waals surface area contributed by atoms with Gasteiger partial charge in [-0.25, -0.2) is 4.39 Å². The van der Waals surface area contributed by atoms with Crippen LogP contribution in [0, 0.1) is 11.7 Å². The van der Waals surface area contributed by atoms with Crippen LogP contribution in [0.1, 0.15) is 36.0 Å². The summed E-state index contributed by atoms with van der Waals surface area (Å²) in [5.74, 6) is -0.989. The van der Waals surface area contributed by atoms with Gasteiger partial charge in [-0.15, -0.1) is 0 Å². The Bertz CT molecular complexity index is 478. The molecule has 0 spiro atoms. The van der Waals surface area contributed by atoms with Gasteiger partial charge in [-0.2, -0.15) is 0 Å². The molecule has 0 saturated heterocycles. The van der Waals surface area contributed by atoms with E-state index in [1.54, 1.807) is 6.07 Å². The highest BCUT2D eigenvalue weighted by atomic mass is 19.1. The Morgan fingerprint density at radius 1 is 1.45 bits per heavy atom. The monoisotopic (exact) mass is 281 g/mol. The second-order valence-corrected chi connectivity index (χ2v) is 5.13. The van der Waals surface area contributed by atoms with Crippen molar-refractivity contribution in [3.63, 3.8) is 0 Å². The first-order valence-electron chi connectivity index (χ1n) is 6.91.